The highest BCUT2D eigenvalue weighted by Crippen LogP contribution is 2.26. The number of benzene rings is 1. The number of hydrogen-bond donors (Lipinski definition) is 1. The van der Waals surface area contributed by atoms with E-state index < -0.39 is 5.60 Å². The molecule has 1 aromatic carbocycles. The second kappa shape index (κ2) is 7.07. The molecule has 1 aromatic heterocycles. The first-order valence-corrected chi connectivity index (χ1v) is 8.83. The highest BCUT2D eigenvalue weighted by atomic mass is 35.5. The summed E-state index contributed by atoms with van der Waals surface area (Å²) in [6, 6.07) is 6.89. The van der Waals surface area contributed by atoms with E-state index in [0.717, 1.165) is 11.4 Å². The molecule has 0 saturated heterocycles. The molecule has 130 valence electrons. The van der Waals surface area contributed by atoms with Crippen molar-refractivity contribution in [1.82, 2.24) is 10.2 Å². The molecule has 24 heavy (non-hydrogen) atoms. The van der Waals surface area contributed by atoms with E-state index in [-0.39, 0.29) is 11.3 Å². The first-order chi connectivity index (χ1) is 11.0. The predicted octanol–water partition coefficient (Wildman–Crippen LogP) is 4.58. The average Bonchev–Trinajstić information content (AvgIpc) is 2.86. The molecular formula is C17H22ClN3O2S. The molecule has 0 spiro atoms. The van der Waals surface area contributed by atoms with E-state index in [9.17, 15) is 4.79 Å². The molecule has 0 aliphatic carbocycles. The minimum absolute atomic E-state index is 0.123. The van der Waals surface area contributed by atoms with E-state index in [4.69, 9.17) is 16.3 Å². The normalized spacial score (nSPS) is 12.1. The number of aromatic nitrogens is 2. The maximum absolute atomic E-state index is 12.5. The van der Waals surface area contributed by atoms with Crippen molar-refractivity contribution < 1.29 is 9.53 Å². The lowest BCUT2D eigenvalue weighted by molar-refractivity contribution is -0.128. The van der Waals surface area contributed by atoms with Crippen LogP contribution in [-0.2, 0) is 11.2 Å². The molecule has 5 nitrogen and oxygen atoms in total. The Labute approximate surface area is 151 Å². The lowest BCUT2D eigenvalue weighted by Crippen LogP contribution is -2.42. The molecule has 0 aliphatic rings. The van der Waals surface area contributed by atoms with Crippen molar-refractivity contribution in [3.8, 4) is 5.75 Å². The number of halogens is 1. The van der Waals surface area contributed by atoms with Crippen molar-refractivity contribution in [2.75, 3.05) is 5.32 Å². The van der Waals surface area contributed by atoms with Crippen LogP contribution in [0, 0.1) is 5.41 Å². The predicted molar refractivity (Wildman–Crippen MR) is 97.9 cm³/mol. The van der Waals surface area contributed by atoms with E-state index in [1.807, 2.05) is 0 Å². The molecule has 0 fully saturated rings. The summed E-state index contributed by atoms with van der Waals surface area (Å²) in [7, 11) is 0. The van der Waals surface area contributed by atoms with Crippen LogP contribution in [0.15, 0.2) is 24.3 Å². The van der Waals surface area contributed by atoms with Crippen LogP contribution in [0.25, 0.3) is 0 Å². The second-order valence-electron chi connectivity index (χ2n) is 7.26. The minimum Gasteiger partial charge on any atom is -0.478 e. The van der Waals surface area contributed by atoms with Gasteiger partial charge >= 0.3 is 0 Å². The first kappa shape index (κ1) is 18.7. The molecule has 0 radical (unpaired) electrons. The molecule has 7 heteroatoms. The molecule has 2 aromatic rings. The van der Waals surface area contributed by atoms with Gasteiger partial charge in [-0.3, -0.25) is 10.1 Å². The molecule has 0 atom stereocenters. The van der Waals surface area contributed by atoms with E-state index in [2.05, 4.69) is 36.3 Å². The maximum Gasteiger partial charge on any atom is 0.269 e. The number of anilines is 1. The van der Waals surface area contributed by atoms with Gasteiger partial charge in [0.15, 0.2) is 5.60 Å². The van der Waals surface area contributed by atoms with Crippen LogP contribution < -0.4 is 10.1 Å². The van der Waals surface area contributed by atoms with Gasteiger partial charge in [0.25, 0.3) is 5.91 Å². The van der Waals surface area contributed by atoms with Gasteiger partial charge in [0, 0.05) is 11.4 Å². The van der Waals surface area contributed by atoms with Gasteiger partial charge in [-0.05, 0) is 43.5 Å². The van der Waals surface area contributed by atoms with E-state index >= 15 is 0 Å². The molecule has 0 unspecified atom stereocenters. The van der Waals surface area contributed by atoms with Crippen molar-refractivity contribution in [3.63, 3.8) is 0 Å². The number of nitrogens with one attached hydrogen (secondary N) is 1. The number of carbonyl (C=O) groups is 1. The quantitative estimate of drug-likeness (QED) is 0.840. The number of nitrogens with zero attached hydrogens (tertiary/aromatic N) is 2. The average molecular weight is 368 g/mol. The van der Waals surface area contributed by atoms with Gasteiger partial charge in [0.1, 0.15) is 10.8 Å². The largest absolute Gasteiger partial charge is 0.478 e. The fraction of sp³-hybridized carbons (Fsp3) is 0.471. The summed E-state index contributed by atoms with van der Waals surface area (Å²) in [5.74, 6) is 0.293. The summed E-state index contributed by atoms with van der Waals surface area (Å²) in [6.07, 6.45) is 0.811. The summed E-state index contributed by atoms with van der Waals surface area (Å²) in [5, 5.41) is 12.9. The summed E-state index contributed by atoms with van der Waals surface area (Å²) in [6.45, 7) is 9.81. The zero-order valence-electron chi connectivity index (χ0n) is 14.5. The Bertz CT molecular complexity index is 705. The van der Waals surface area contributed by atoms with Crippen molar-refractivity contribution >= 4 is 34.0 Å². The Kier molecular flexibility index (Phi) is 5.50. The Morgan fingerprint density at radius 3 is 2.38 bits per heavy atom. The van der Waals surface area contributed by atoms with Crippen LogP contribution in [0.5, 0.6) is 5.75 Å². The third-order valence-corrected chi connectivity index (χ3v) is 4.19. The molecule has 1 heterocycles. The lowest BCUT2D eigenvalue weighted by Gasteiger charge is -2.24. The zero-order valence-corrected chi connectivity index (χ0v) is 16.1. The van der Waals surface area contributed by atoms with Crippen molar-refractivity contribution in [2.45, 2.75) is 46.6 Å². The summed E-state index contributed by atoms with van der Waals surface area (Å²) < 4.78 is 5.76. The monoisotopic (exact) mass is 367 g/mol. The Balaban J connectivity index is 2.01. The standard InChI is InChI=1S/C17H22ClN3O2S/c1-16(2,3)10-13-20-21-15(24-13)19-14(22)17(4,5)23-12-8-6-11(18)7-9-12/h6-9H,10H2,1-5H3,(H,19,21,22). The maximum atomic E-state index is 12.5. The summed E-state index contributed by atoms with van der Waals surface area (Å²) >= 11 is 7.24. The van der Waals surface area contributed by atoms with E-state index in [0.29, 0.717) is 15.9 Å². The van der Waals surface area contributed by atoms with Crippen molar-refractivity contribution in [3.05, 3.63) is 34.3 Å². The van der Waals surface area contributed by atoms with Gasteiger partial charge in [0.2, 0.25) is 5.13 Å². The van der Waals surface area contributed by atoms with Crippen LogP contribution in [0.1, 0.15) is 39.6 Å². The molecule has 0 bridgehead atoms. The van der Waals surface area contributed by atoms with Crippen molar-refractivity contribution in [2.24, 2.45) is 5.41 Å². The smallest absolute Gasteiger partial charge is 0.269 e. The van der Waals surface area contributed by atoms with Crippen LogP contribution in [0.4, 0.5) is 5.13 Å². The lowest BCUT2D eigenvalue weighted by atomic mass is 9.93. The van der Waals surface area contributed by atoms with Gasteiger partial charge in [0.05, 0.1) is 0 Å². The minimum atomic E-state index is -1.05. The molecular weight excluding hydrogens is 346 g/mol. The fourth-order valence-electron chi connectivity index (χ4n) is 1.92. The SMILES string of the molecule is CC(C)(C)Cc1nnc(NC(=O)C(C)(C)Oc2ccc(Cl)cc2)s1. The van der Waals surface area contributed by atoms with Crippen molar-refractivity contribution in [1.29, 1.82) is 0 Å². The van der Waals surface area contributed by atoms with Gasteiger partial charge in [-0.2, -0.15) is 0 Å². The van der Waals surface area contributed by atoms with Crippen LogP contribution in [-0.4, -0.2) is 21.7 Å². The third kappa shape index (κ3) is 5.46. The zero-order chi connectivity index (χ0) is 18.0. The molecule has 0 aliphatic heterocycles. The van der Waals surface area contributed by atoms with Gasteiger partial charge in [-0.1, -0.05) is 43.7 Å². The second-order valence-corrected chi connectivity index (χ2v) is 8.76. The van der Waals surface area contributed by atoms with Crippen LogP contribution >= 0.6 is 22.9 Å². The summed E-state index contributed by atoms with van der Waals surface area (Å²) in [5.41, 5.74) is -0.929. The van der Waals surface area contributed by atoms with Gasteiger partial charge < -0.3 is 4.74 Å². The number of amides is 1. The Morgan fingerprint density at radius 2 is 1.79 bits per heavy atom. The number of hydrogen-bond acceptors (Lipinski definition) is 5. The fourth-order valence-corrected chi connectivity index (χ4v) is 3.08. The van der Waals surface area contributed by atoms with Gasteiger partial charge in [-0.15, -0.1) is 10.2 Å². The van der Waals surface area contributed by atoms with Gasteiger partial charge in [-0.25, -0.2) is 0 Å². The van der Waals surface area contributed by atoms with Crippen LogP contribution in [0.2, 0.25) is 5.02 Å². The van der Waals surface area contributed by atoms with E-state index in [1.54, 1.807) is 38.1 Å². The topological polar surface area (TPSA) is 64.1 Å². The highest BCUT2D eigenvalue weighted by molar-refractivity contribution is 7.15. The molecule has 1 N–H and O–H groups in total. The molecule has 0 saturated carbocycles. The molecule has 1 amide bonds. The van der Waals surface area contributed by atoms with Crippen LogP contribution in [0.3, 0.4) is 0 Å². The molecule has 2 rings (SSSR count). The Morgan fingerprint density at radius 1 is 1.17 bits per heavy atom. The number of carbonyl (C=O) groups excluding carboxylic acids is 1. The highest BCUT2D eigenvalue weighted by Gasteiger charge is 2.31. The number of ether oxygens (including phenoxy) is 1. The number of rotatable bonds is 5. The Hall–Kier alpha value is -1.66. The third-order valence-electron chi connectivity index (χ3n) is 3.10. The van der Waals surface area contributed by atoms with E-state index in [1.165, 1.54) is 11.3 Å². The first-order valence-electron chi connectivity index (χ1n) is 7.64. The summed E-state index contributed by atoms with van der Waals surface area (Å²) in [4.78, 5) is 12.5.